The molecule has 4 heteroatoms. The van der Waals surface area contributed by atoms with Crippen LogP contribution in [0.15, 0.2) is 0 Å². The third-order valence-electron chi connectivity index (χ3n) is 3.47. The van der Waals surface area contributed by atoms with Crippen LogP contribution in [-0.4, -0.2) is 43.0 Å². The summed E-state index contributed by atoms with van der Waals surface area (Å²) in [5, 5.41) is 10.8. The molecule has 0 saturated carbocycles. The molecule has 3 fully saturated rings. The topological polar surface area (TPSA) is 39.3 Å². The van der Waals surface area contributed by atoms with Crippen LogP contribution in [0.3, 0.4) is 0 Å². The van der Waals surface area contributed by atoms with Gasteiger partial charge in [-0.3, -0.25) is 4.90 Å². The van der Waals surface area contributed by atoms with Gasteiger partial charge in [-0.2, -0.15) is 0 Å². The minimum Gasteiger partial charge on any atom is -0.301 e. The summed E-state index contributed by atoms with van der Waals surface area (Å²) < 4.78 is 0. The zero-order valence-electron chi connectivity index (χ0n) is 7.92. The molecule has 3 aliphatic rings. The minimum absolute atomic E-state index is 0.623. The van der Waals surface area contributed by atoms with Gasteiger partial charge in [-0.25, -0.2) is 0 Å². The van der Waals surface area contributed by atoms with Crippen molar-refractivity contribution in [3.63, 3.8) is 0 Å². The molecule has 3 N–H and O–H groups in total. The second kappa shape index (κ2) is 3.20. The molecule has 13 heavy (non-hydrogen) atoms. The fourth-order valence-electron chi connectivity index (χ4n) is 2.88. The number of nitrogens with zero attached hydrogens (tertiary/aromatic N) is 1. The first-order valence-electron chi connectivity index (χ1n) is 5.43. The molecule has 74 valence electrons. The van der Waals surface area contributed by atoms with Crippen LogP contribution >= 0.6 is 0 Å². The third-order valence-corrected chi connectivity index (χ3v) is 3.47. The molecule has 0 unspecified atom stereocenters. The number of rotatable bonds is 0. The Balaban J connectivity index is 1.82. The molecular weight excluding hydrogens is 164 g/mol. The average molecular weight is 182 g/mol. The van der Waals surface area contributed by atoms with Crippen LogP contribution in [0.5, 0.6) is 0 Å². The Kier molecular flexibility index (Phi) is 2.01. The van der Waals surface area contributed by atoms with E-state index in [9.17, 15) is 0 Å². The first kappa shape index (κ1) is 8.17. The highest BCUT2D eigenvalue weighted by molar-refractivity contribution is 4.93. The Morgan fingerprint density at radius 1 is 0.692 bits per heavy atom. The summed E-state index contributed by atoms with van der Waals surface area (Å²) in [4.78, 5) is 2.59. The van der Waals surface area contributed by atoms with E-state index < -0.39 is 0 Å². The van der Waals surface area contributed by atoms with Gasteiger partial charge in [-0.1, -0.05) is 0 Å². The highest BCUT2D eigenvalue weighted by Crippen LogP contribution is 2.23. The normalized spacial score (nSPS) is 45.7. The number of hydrogen-bond acceptors (Lipinski definition) is 4. The molecule has 0 amide bonds. The second-order valence-corrected chi connectivity index (χ2v) is 4.22. The molecule has 3 aliphatic heterocycles. The number of hydrogen-bond donors (Lipinski definition) is 3. The molecule has 3 atom stereocenters. The lowest BCUT2D eigenvalue weighted by Crippen LogP contribution is -2.72. The van der Waals surface area contributed by atoms with E-state index in [4.69, 9.17) is 0 Å². The fourth-order valence-corrected chi connectivity index (χ4v) is 2.88. The summed E-state index contributed by atoms with van der Waals surface area (Å²) in [5.41, 5.74) is 0. The summed E-state index contributed by atoms with van der Waals surface area (Å²) in [6.45, 7) is 3.52. The van der Waals surface area contributed by atoms with E-state index in [0.717, 1.165) is 0 Å². The number of nitrogens with one attached hydrogen (secondary N) is 3. The standard InChI is InChI=1S/C9H18N4/c1-4-10-8-3-6-12-9-2-5-11-7(1)13(8)9/h7-12H,1-6H2/t7-,8-,9-/m1/s1. The van der Waals surface area contributed by atoms with Crippen molar-refractivity contribution in [2.75, 3.05) is 19.6 Å². The van der Waals surface area contributed by atoms with Crippen molar-refractivity contribution in [1.82, 2.24) is 20.9 Å². The lowest BCUT2D eigenvalue weighted by atomic mass is 10.0. The Labute approximate surface area is 79.1 Å². The Morgan fingerprint density at radius 3 is 1.46 bits per heavy atom. The molecule has 3 heterocycles. The van der Waals surface area contributed by atoms with Gasteiger partial charge >= 0.3 is 0 Å². The molecule has 0 aromatic heterocycles. The third kappa shape index (κ3) is 1.29. The van der Waals surface area contributed by atoms with E-state index in [0.29, 0.717) is 18.5 Å². The van der Waals surface area contributed by atoms with Crippen molar-refractivity contribution in [3.05, 3.63) is 0 Å². The van der Waals surface area contributed by atoms with Crippen molar-refractivity contribution in [2.45, 2.75) is 37.8 Å². The largest absolute Gasteiger partial charge is 0.301 e. The maximum atomic E-state index is 3.60. The van der Waals surface area contributed by atoms with Crippen LogP contribution in [-0.2, 0) is 0 Å². The van der Waals surface area contributed by atoms with Crippen LogP contribution in [0.4, 0.5) is 0 Å². The molecule has 0 aromatic rings. The minimum atomic E-state index is 0.623. The van der Waals surface area contributed by atoms with Gasteiger partial charge in [-0.15, -0.1) is 0 Å². The molecule has 3 saturated heterocycles. The predicted octanol–water partition coefficient (Wildman–Crippen LogP) is -0.753. The zero-order valence-corrected chi connectivity index (χ0v) is 7.92. The van der Waals surface area contributed by atoms with Crippen LogP contribution < -0.4 is 16.0 Å². The zero-order chi connectivity index (χ0) is 8.67. The van der Waals surface area contributed by atoms with Gasteiger partial charge in [0.05, 0.1) is 18.5 Å². The van der Waals surface area contributed by atoms with E-state index in [1.165, 1.54) is 38.9 Å². The average Bonchev–Trinajstić information content (AvgIpc) is 2.19. The SMILES string of the molecule is C1C[C@@H]2NCC[C@@H]3NCC[C@H](N1)N32. The molecule has 0 aromatic carbocycles. The maximum absolute atomic E-state index is 3.60. The first-order chi connectivity index (χ1) is 6.45. The molecule has 4 nitrogen and oxygen atoms in total. The Hall–Kier alpha value is -0.160. The quantitative estimate of drug-likeness (QED) is 0.461. The van der Waals surface area contributed by atoms with E-state index >= 15 is 0 Å². The van der Waals surface area contributed by atoms with Gasteiger partial charge in [-0.05, 0) is 38.9 Å². The Bertz CT molecular complexity index is 151. The van der Waals surface area contributed by atoms with Gasteiger partial charge in [0, 0.05) is 0 Å². The Morgan fingerprint density at radius 2 is 1.08 bits per heavy atom. The highest BCUT2D eigenvalue weighted by Gasteiger charge is 2.39. The highest BCUT2D eigenvalue weighted by atomic mass is 15.5. The molecule has 0 aliphatic carbocycles. The van der Waals surface area contributed by atoms with Crippen molar-refractivity contribution >= 4 is 0 Å². The second-order valence-electron chi connectivity index (χ2n) is 4.22. The monoisotopic (exact) mass is 182 g/mol. The maximum Gasteiger partial charge on any atom is 0.0637 e. The summed E-state index contributed by atoms with van der Waals surface area (Å²) in [6.07, 6.45) is 5.60. The van der Waals surface area contributed by atoms with E-state index in [1.807, 2.05) is 0 Å². The van der Waals surface area contributed by atoms with Crippen molar-refractivity contribution < 1.29 is 0 Å². The van der Waals surface area contributed by atoms with E-state index in [-0.39, 0.29) is 0 Å². The lowest BCUT2D eigenvalue weighted by Gasteiger charge is -2.53. The molecule has 0 bridgehead atoms. The smallest absolute Gasteiger partial charge is 0.0637 e. The van der Waals surface area contributed by atoms with Gasteiger partial charge in [0.2, 0.25) is 0 Å². The van der Waals surface area contributed by atoms with Crippen molar-refractivity contribution in [2.24, 2.45) is 0 Å². The van der Waals surface area contributed by atoms with E-state index in [1.54, 1.807) is 0 Å². The summed E-state index contributed by atoms with van der Waals surface area (Å²) in [6, 6.07) is 0. The fraction of sp³-hybridized carbons (Fsp3) is 1.00. The predicted molar refractivity (Wildman–Crippen MR) is 51.1 cm³/mol. The van der Waals surface area contributed by atoms with Crippen LogP contribution in [0.2, 0.25) is 0 Å². The van der Waals surface area contributed by atoms with Crippen molar-refractivity contribution in [1.29, 1.82) is 0 Å². The van der Waals surface area contributed by atoms with Gasteiger partial charge in [0.1, 0.15) is 0 Å². The van der Waals surface area contributed by atoms with Crippen LogP contribution in [0, 0.1) is 0 Å². The summed E-state index contributed by atoms with van der Waals surface area (Å²) >= 11 is 0. The van der Waals surface area contributed by atoms with Crippen molar-refractivity contribution in [3.8, 4) is 0 Å². The van der Waals surface area contributed by atoms with Gasteiger partial charge in [0.15, 0.2) is 0 Å². The molecule has 0 spiro atoms. The summed E-state index contributed by atoms with van der Waals surface area (Å²) in [5.74, 6) is 0. The van der Waals surface area contributed by atoms with Crippen LogP contribution in [0.25, 0.3) is 0 Å². The summed E-state index contributed by atoms with van der Waals surface area (Å²) in [7, 11) is 0. The molecule has 0 radical (unpaired) electrons. The van der Waals surface area contributed by atoms with E-state index in [2.05, 4.69) is 20.9 Å². The molecule has 3 rings (SSSR count). The molecular formula is C9H18N4. The first-order valence-corrected chi connectivity index (χ1v) is 5.43. The van der Waals surface area contributed by atoms with Gasteiger partial charge < -0.3 is 16.0 Å². The van der Waals surface area contributed by atoms with Crippen LogP contribution in [0.1, 0.15) is 19.3 Å². The lowest BCUT2D eigenvalue weighted by molar-refractivity contribution is -0.0520. The van der Waals surface area contributed by atoms with Gasteiger partial charge in [0.25, 0.3) is 0 Å².